The maximum absolute atomic E-state index is 12.5. The predicted octanol–water partition coefficient (Wildman–Crippen LogP) is 4.36. The molecule has 180 valence electrons. The fourth-order valence-electron chi connectivity index (χ4n) is 2.94. The summed E-state index contributed by atoms with van der Waals surface area (Å²) < 4.78 is 43.8. The lowest BCUT2D eigenvalue weighted by Crippen LogP contribution is -2.15. The molecule has 2 aromatic carbocycles. The molecule has 4 rings (SSSR count). The number of furan rings is 1. The van der Waals surface area contributed by atoms with Crippen LogP contribution in [0.4, 0.5) is 11.5 Å². The molecule has 0 fully saturated rings. The number of halogens is 1. The van der Waals surface area contributed by atoms with Crippen LogP contribution < -0.4 is 19.5 Å². The number of aromatic nitrogens is 2. The lowest BCUT2D eigenvalue weighted by Gasteiger charge is -2.09. The smallest absolute Gasteiger partial charge is 0.291 e. The lowest BCUT2D eigenvalue weighted by atomic mass is 10.3. The molecule has 2 aromatic heterocycles. The topological polar surface area (TPSA) is 133 Å². The van der Waals surface area contributed by atoms with E-state index >= 15 is 0 Å². The number of carbonyl (C=O) groups excluding carboxylic acids is 1. The summed E-state index contributed by atoms with van der Waals surface area (Å²) in [7, 11) is -2.36. The van der Waals surface area contributed by atoms with Crippen molar-refractivity contribution in [2.45, 2.75) is 11.5 Å². The van der Waals surface area contributed by atoms with E-state index < -0.39 is 15.9 Å². The molecule has 12 heteroatoms. The molecule has 2 N–H and O–H groups in total. The molecule has 0 spiro atoms. The summed E-state index contributed by atoms with van der Waals surface area (Å²) in [4.78, 5) is 12.5. The van der Waals surface area contributed by atoms with E-state index in [9.17, 15) is 13.2 Å². The maximum Gasteiger partial charge on any atom is 0.291 e. The molecule has 0 aliphatic heterocycles. The number of anilines is 2. The molecule has 0 unspecified atom stereocenters. The van der Waals surface area contributed by atoms with Gasteiger partial charge in [0.2, 0.25) is 0 Å². The second kappa shape index (κ2) is 10.5. The van der Waals surface area contributed by atoms with Gasteiger partial charge in [-0.05, 0) is 60.7 Å². The average molecular weight is 515 g/mol. The first-order valence-electron chi connectivity index (χ1n) is 10.1. The monoisotopic (exact) mass is 514 g/mol. The number of carbonyl (C=O) groups is 1. The molecular formula is C23H19ClN4O6S. The molecule has 0 atom stereocenters. The summed E-state index contributed by atoms with van der Waals surface area (Å²) >= 11 is 5.65. The Balaban J connectivity index is 1.36. The van der Waals surface area contributed by atoms with Crippen LogP contribution in [0.5, 0.6) is 11.5 Å². The Morgan fingerprint density at radius 1 is 0.971 bits per heavy atom. The molecule has 4 aromatic rings. The second-order valence-electron chi connectivity index (χ2n) is 7.03. The second-order valence-corrected chi connectivity index (χ2v) is 9.10. The molecular weight excluding hydrogens is 496 g/mol. The van der Waals surface area contributed by atoms with Gasteiger partial charge >= 0.3 is 0 Å². The van der Waals surface area contributed by atoms with Gasteiger partial charge in [0.1, 0.15) is 12.4 Å². The van der Waals surface area contributed by atoms with Crippen molar-refractivity contribution >= 4 is 39.0 Å². The van der Waals surface area contributed by atoms with Gasteiger partial charge in [-0.1, -0.05) is 23.7 Å². The van der Waals surface area contributed by atoms with Crippen LogP contribution in [0.25, 0.3) is 0 Å². The number of hydrogen-bond acceptors (Lipinski definition) is 8. The maximum atomic E-state index is 12.5. The molecule has 0 aliphatic carbocycles. The molecule has 10 nitrogen and oxygen atoms in total. The highest BCUT2D eigenvalue weighted by atomic mass is 35.5. The molecule has 35 heavy (non-hydrogen) atoms. The first-order valence-corrected chi connectivity index (χ1v) is 12.0. The fraction of sp³-hybridized carbons (Fsp3) is 0.0870. The molecule has 1 amide bonds. The van der Waals surface area contributed by atoms with E-state index in [2.05, 4.69) is 20.2 Å². The quantitative estimate of drug-likeness (QED) is 0.336. The van der Waals surface area contributed by atoms with Crippen LogP contribution in [-0.4, -0.2) is 31.6 Å². The van der Waals surface area contributed by atoms with Crippen molar-refractivity contribution in [2.24, 2.45) is 0 Å². The van der Waals surface area contributed by atoms with E-state index in [1.807, 2.05) is 12.1 Å². The van der Waals surface area contributed by atoms with Crippen LogP contribution in [0, 0.1) is 0 Å². The Kier molecular flexibility index (Phi) is 7.18. The third-order valence-electron chi connectivity index (χ3n) is 4.62. The number of sulfonamides is 1. The molecule has 2 heterocycles. The van der Waals surface area contributed by atoms with Crippen LogP contribution in [0.2, 0.25) is 5.15 Å². The van der Waals surface area contributed by atoms with Crippen molar-refractivity contribution in [3.63, 3.8) is 0 Å². The minimum absolute atomic E-state index is 0.0232. The van der Waals surface area contributed by atoms with Crippen molar-refractivity contribution < 1.29 is 27.1 Å². The molecule has 0 bridgehead atoms. The van der Waals surface area contributed by atoms with Crippen molar-refractivity contribution in [3.05, 3.63) is 89.5 Å². The zero-order valence-electron chi connectivity index (χ0n) is 18.3. The van der Waals surface area contributed by atoms with Crippen molar-refractivity contribution in [1.82, 2.24) is 10.2 Å². The lowest BCUT2D eigenvalue weighted by molar-refractivity contribution is 0.0992. The molecule has 0 radical (unpaired) electrons. The van der Waals surface area contributed by atoms with Crippen molar-refractivity contribution in [2.75, 3.05) is 17.1 Å². The molecule has 0 saturated heterocycles. The van der Waals surface area contributed by atoms with Gasteiger partial charge in [-0.25, -0.2) is 8.42 Å². The highest BCUT2D eigenvalue weighted by Gasteiger charge is 2.17. The summed E-state index contributed by atoms with van der Waals surface area (Å²) in [5.74, 6) is 1.17. The highest BCUT2D eigenvalue weighted by molar-refractivity contribution is 7.92. The van der Waals surface area contributed by atoms with E-state index in [1.54, 1.807) is 25.3 Å². The summed E-state index contributed by atoms with van der Waals surface area (Å²) in [5.41, 5.74) is 0.378. The van der Waals surface area contributed by atoms with Crippen molar-refractivity contribution in [3.8, 4) is 11.5 Å². The van der Waals surface area contributed by atoms with Gasteiger partial charge in [0.15, 0.2) is 28.2 Å². The zero-order chi connectivity index (χ0) is 24.8. The summed E-state index contributed by atoms with van der Waals surface area (Å²) in [6.07, 6.45) is 0. The Bertz CT molecular complexity index is 1420. The van der Waals surface area contributed by atoms with Gasteiger partial charge in [0, 0.05) is 5.69 Å². The van der Waals surface area contributed by atoms with Crippen molar-refractivity contribution in [1.29, 1.82) is 0 Å². The number of rotatable bonds is 9. The van der Waals surface area contributed by atoms with E-state index in [1.165, 1.54) is 42.5 Å². The van der Waals surface area contributed by atoms with Crippen LogP contribution in [0.15, 0.2) is 82.1 Å². The number of nitrogens with zero attached hydrogens (tertiary/aromatic N) is 2. The van der Waals surface area contributed by atoms with Gasteiger partial charge in [0.05, 0.1) is 12.0 Å². The van der Waals surface area contributed by atoms with Gasteiger partial charge in [-0.3, -0.25) is 9.52 Å². The summed E-state index contributed by atoms with van der Waals surface area (Å²) in [6.45, 7) is 0.102. The highest BCUT2D eigenvalue weighted by Crippen LogP contribution is 2.27. The Labute approximate surface area is 205 Å². The van der Waals surface area contributed by atoms with Crippen LogP contribution in [-0.2, 0) is 16.6 Å². The standard InChI is InChI=1S/C23H19ClN4O6S/c1-32-18-4-2-3-5-19(18)33-14-16-8-11-20(34-16)23(29)25-15-6-9-17(10-7-15)35(30,31)28-22-13-12-21(24)26-27-22/h2-13H,14H2,1H3,(H,25,29)(H,27,28). The number of benzene rings is 2. The van der Waals surface area contributed by atoms with Gasteiger partial charge in [-0.2, -0.15) is 0 Å². The van der Waals surface area contributed by atoms with Gasteiger partial charge < -0.3 is 19.2 Å². The van der Waals surface area contributed by atoms with Gasteiger partial charge in [-0.15, -0.1) is 10.2 Å². The van der Waals surface area contributed by atoms with Crippen LogP contribution >= 0.6 is 11.6 Å². The van der Waals surface area contributed by atoms with E-state index in [4.69, 9.17) is 25.5 Å². The third-order valence-corrected chi connectivity index (χ3v) is 6.19. The van der Waals surface area contributed by atoms with E-state index in [-0.39, 0.29) is 28.2 Å². The van der Waals surface area contributed by atoms with Gasteiger partial charge in [0.25, 0.3) is 15.9 Å². The number of methoxy groups -OCH3 is 1. The predicted molar refractivity (Wildman–Crippen MR) is 128 cm³/mol. The Morgan fingerprint density at radius 2 is 1.71 bits per heavy atom. The summed E-state index contributed by atoms with van der Waals surface area (Å²) in [5, 5.41) is 10.0. The van der Waals surface area contributed by atoms with E-state index in [0.717, 1.165) is 0 Å². The number of amides is 1. The minimum atomic E-state index is -3.90. The Hall–Kier alpha value is -4.09. The summed E-state index contributed by atoms with van der Waals surface area (Å²) in [6, 6.07) is 18.7. The minimum Gasteiger partial charge on any atom is -0.493 e. The first-order chi connectivity index (χ1) is 16.8. The van der Waals surface area contributed by atoms with E-state index in [0.29, 0.717) is 22.9 Å². The van der Waals surface area contributed by atoms with Crippen LogP contribution in [0.3, 0.4) is 0 Å². The number of ether oxygens (including phenoxy) is 2. The zero-order valence-corrected chi connectivity index (χ0v) is 19.8. The molecule has 0 aliphatic rings. The fourth-order valence-corrected chi connectivity index (χ4v) is 4.04. The third kappa shape index (κ3) is 6.08. The average Bonchev–Trinajstić information content (AvgIpc) is 3.34. The van der Waals surface area contributed by atoms with Crippen LogP contribution in [0.1, 0.15) is 16.3 Å². The SMILES string of the molecule is COc1ccccc1OCc1ccc(C(=O)Nc2ccc(S(=O)(=O)Nc3ccc(Cl)nn3)cc2)o1. The largest absolute Gasteiger partial charge is 0.493 e. The Morgan fingerprint density at radius 3 is 2.40 bits per heavy atom. The normalized spacial score (nSPS) is 11.0. The number of nitrogens with one attached hydrogen (secondary N) is 2. The first kappa shape index (κ1) is 24.0. The number of hydrogen-bond donors (Lipinski definition) is 2. The number of para-hydroxylation sites is 2. The molecule has 0 saturated carbocycles.